The van der Waals surface area contributed by atoms with Gasteiger partial charge in [0.15, 0.2) is 12.4 Å². The third kappa shape index (κ3) is 3.94. The van der Waals surface area contributed by atoms with Crippen molar-refractivity contribution in [1.82, 2.24) is 9.30 Å². The maximum Gasteiger partial charge on any atom is 0.340 e. The number of hydrogen-bond acceptors (Lipinski definition) is 6. The van der Waals surface area contributed by atoms with Gasteiger partial charge in [0, 0.05) is 24.2 Å². The van der Waals surface area contributed by atoms with Crippen LogP contribution in [0.3, 0.4) is 0 Å². The summed E-state index contributed by atoms with van der Waals surface area (Å²) in [6.07, 6.45) is 1.79. The molecule has 0 radical (unpaired) electrons. The van der Waals surface area contributed by atoms with Gasteiger partial charge in [0.05, 0.1) is 23.2 Å². The van der Waals surface area contributed by atoms with Crippen molar-refractivity contribution in [1.29, 1.82) is 0 Å². The molecular weight excluding hydrogens is 372 g/mol. The van der Waals surface area contributed by atoms with Crippen molar-refractivity contribution in [2.24, 2.45) is 0 Å². The van der Waals surface area contributed by atoms with Gasteiger partial charge in [-0.25, -0.2) is 4.79 Å². The van der Waals surface area contributed by atoms with E-state index in [1.54, 1.807) is 13.0 Å². The first-order chi connectivity index (χ1) is 14.1. The lowest BCUT2D eigenvalue weighted by atomic mass is 10.1. The Labute approximate surface area is 169 Å². The molecule has 7 heteroatoms. The van der Waals surface area contributed by atoms with Crippen LogP contribution in [-0.4, -0.2) is 64.1 Å². The summed E-state index contributed by atoms with van der Waals surface area (Å²) in [7, 11) is 0. The van der Waals surface area contributed by atoms with Crippen molar-refractivity contribution < 1.29 is 24.5 Å². The molecule has 1 atom stereocenters. The summed E-state index contributed by atoms with van der Waals surface area (Å²) in [6.45, 7) is 4.43. The average molecular weight is 398 g/mol. The average Bonchev–Trinajstić information content (AvgIpc) is 3.33. The number of fused-ring (bicyclic) bond motifs is 3. The Kier molecular flexibility index (Phi) is 5.71. The Morgan fingerprint density at radius 2 is 1.93 bits per heavy atom. The number of rotatable bonds is 7. The number of benzene rings is 1. The highest BCUT2D eigenvalue weighted by Crippen LogP contribution is 2.31. The number of aliphatic hydroxyl groups excluding tert-OH is 1. The number of pyridine rings is 1. The van der Waals surface area contributed by atoms with E-state index < -0.39 is 12.4 Å². The summed E-state index contributed by atoms with van der Waals surface area (Å²) in [4.78, 5) is 14.7. The summed E-state index contributed by atoms with van der Waals surface area (Å²) < 4.78 is 13.1. The molecule has 2 aromatic heterocycles. The molecule has 1 saturated heterocycles. The number of aliphatic hydroxyl groups is 2. The van der Waals surface area contributed by atoms with E-state index in [9.17, 15) is 15.0 Å². The first kappa shape index (κ1) is 19.7. The van der Waals surface area contributed by atoms with Crippen LogP contribution in [0.15, 0.2) is 42.6 Å². The fraction of sp³-hybridized carbons (Fsp3) is 0.409. The van der Waals surface area contributed by atoms with E-state index in [1.807, 2.05) is 40.9 Å². The van der Waals surface area contributed by atoms with Crippen molar-refractivity contribution in [3.63, 3.8) is 0 Å². The summed E-state index contributed by atoms with van der Waals surface area (Å²) in [5, 5.41) is 20.4. The first-order valence-corrected chi connectivity index (χ1v) is 10.0. The molecule has 0 bridgehead atoms. The number of carbonyl (C=O) groups is 1. The van der Waals surface area contributed by atoms with Gasteiger partial charge in [-0.15, -0.1) is 0 Å². The fourth-order valence-electron chi connectivity index (χ4n) is 4.00. The number of esters is 1. The van der Waals surface area contributed by atoms with E-state index >= 15 is 0 Å². The SMILES string of the molecule is CCOC(=O)c1c2ccc(OC(CN3CCCC3)C(O)O)cc2n2ccccc12. The minimum Gasteiger partial charge on any atom is -0.484 e. The zero-order valence-corrected chi connectivity index (χ0v) is 16.5. The van der Waals surface area contributed by atoms with Gasteiger partial charge in [-0.3, -0.25) is 4.90 Å². The molecule has 4 rings (SSSR count). The number of ether oxygens (including phenoxy) is 2. The Bertz CT molecular complexity index is 1010. The van der Waals surface area contributed by atoms with Crippen molar-refractivity contribution in [2.75, 3.05) is 26.2 Å². The molecule has 0 aliphatic carbocycles. The van der Waals surface area contributed by atoms with Crippen molar-refractivity contribution >= 4 is 22.4 Å². The molecule has 3 aromatic rings. The van der Waals surface area contributed by atoms with Crippen molar-refractivity contribution in [3.05, 3.63) is 48.2 Å². The third-order valence-corrected chi connectivity index (χ3v) is 5.35. The topological polar surface area (TPSA) is 83.6 Å². The van der Waals surface area contributed by atoms with Gasteiger partial charge in [0.1, 0.15) is 5.75 Å². The smallest absolute Gasteiger partial charge is 0.340 e. The van der Waals surface area contributed by atoms with E-state index in [0.717, 1.165) is 42.4 Å². The number of likely N-dealkylation sites (tertiary alicyclic amines) is 1. The number of nitrogens with zero attached hydrogens (tertiary/aromatic N) is 2. The highest BCUT2D eigenvalue weighted by atomic mass is 16.6. The minimum atomic E-state index is -1.58. The van der Waals surface area contributed by atoms with Crippen LogP contribution in [0.2, 0.25) is 0 Å². The Morgan fingerprint density at radius 1 is 1.14 bits per heavy atom. The van der Waals surface area contributed by atoms with E-state index in [0.29, 0.717) is 24.5 Å². The molecule has 7 nitrogen and oxygen atoms in total. The lowest BCUT2D eigenvalue weighted by Gasteiger charge is -2.25. The number of hydrogen-bond donors (Lipinski definition) is 2. The van der Waals surface area contributed by atoms with Crippen molar-refractivity contribution in [2.45, 2.75) is 32.2 Å². The zero-order chi connectivity index (χ0) is 20.4. The second kappa shape index (κ2) is 8.41. The maximum absolute atomic E-state index is 12.5. The molecule has 3 heterocycles. The number of carbonyl (C=O) groups excluding carboxylic acids is 1. The van der Waals surface area contributed by atoms with Crippen LogP contribution in [0.4, 0.5) is 0 Å². The van der Waals surface area contributed by atoms with E-state index in [4.69, 9.17) is 9.47 Å². The second-order valence-corrected chi connectivity index (χ2v) is 7.31. The van der Waals surface area contributed by atoms with Crippen LogP contribution in [0.25, 0.3) is 16.4 Å². The van der Waals surface area contributed by atoms with Gasteiger partial charge in [-0.05, 0) is 57.1 Å². The van der Waals surface area contributed by atoms with E-state index in [2.05, 4.69) is 4.90 Å². The standard InChI is InChI=1S/C22H26N2O5/c1-2-28-22(27)20-16-9-8-15(13-18(16)24-12-4-3-7-17(20)24)29-19(21(25)26)14-23-10-5-6-11-23/h3-4,7-9,12-13,19,21,25-26H,2,5-6,10-11,14H2,1H3. The summed E-state index contributed by atoms with van der Waals surface area (Å²) >= 11 is 0. The zero-order valence-electron chi connectivity index (χ0n) is 16.5. The van der Waals surface area contributed by atoms with Gasteiger partial charge in [-0.1, -0.05) is 6.07 Å². The second-order valence-electron chi connectivity index (χ2n) is 7.31. The highest BCUT2D eigenvalue weighted by Gasteiger charge is 2.25. The van der Waals surface area contributed by atoms with Crippen LogP contribution < -0.4 is 4.74 Å². The Morgan fingerprint density at radius 3 is 2.66 bits per heavy atom. The van der Waals surface area contributed by atoms with Crippen LogP contribution in [0, 0.1) is 0 Å². The van der Waals surface area contributed by atoms with Gasteiger partial charge in [0.2, 0.25) is 0 Å². The Hall–Kier alpha value is -2.61. The molecule has 2 N–H and O–H groups in total. The molecule has 1 aliphatic heterocycles. The van der Waals surface area contributed by atoms with Gasteiger partial charge in [0.25, 0.3) is 0 Å². The fourth-order valence-corrected chi connectivity index (χ4v) is 4.00. The highest BCUT2D eigenvalue weighted by molar-refractivity contribution is 6.11. The van der Waals surface area contributed by atoms with Gasteiger partial charge < -0.3 is 24.1 Å². The maximum atomic E-state index is 12.5. The molecule has 29 heavy (non-hydrogen) atoms. The Balaban J connectivity index is 1.70. The predicted molar refractivity (Wildman–Crippen MR) is 109 cm³/mol. The molecule has 1 aliphatic rings. The van der Waals surface area contributed by atoms with Gasteiger partial charge in [-0.2, -0.15) is 0 Å². The minimum absolute atomic E-state index is 0.304. The van der Waals surface area contributed by atoms with Crippen LogP contribution >= 0.6 is 0 Å². The van der Waals surface area contributed by atoms with Crippen LogP contribution in [0.5, 0.6) is 5.75 Å². The summed E-state index contributed by atoms with van der Waals surface area (Å²) in [6, 6.07) is 11.0. The molecule has 0 saturated carbocycles. The molecule has 0 spiro atoms. The predicted octanol–water partition coefficient (Wildman–Crippen LogP) is 2.42. The largest absolute Gasteiger partial charge is 0.484 e. The molecule has 1 fully saturated rings. The summed E-state index contributed by atoms with van der Waals surface area (Å²) in [5.41, 5.74) is 2.08. The molecule has 1 aromatic carbocycles. The summed E-state index contributed by atoms with van der Waals surface area (Å²) in [5.74, 6) is 0.158. The molecule has 154 valence electrons. The lowest BCUT2D eigenvalue weighted by molar-refractivity contribution is -0.117. The first-order valence-electron chi connectivity index (χ1n) is 10.0. The third-order valence-electron chi connectivity index (χ3n) is 5.35. The number of aromatic nitrogens is 1. The van der Waals surface area contributed by atoms with Crippen molar-refractivity contribution in [3.8, 4) is 5.75 Å². The lowest BCUT2D eigenvalue weighted by Crippen LogP contribution is -2.41. The van der Waals surface area contributed by atoms with E-state index in [1.165, 1.54) is 0 Å². The quantitative estimate of drug-likeness (QED) is 0.470. The van der Waals surface area contributed by atoms with Crippen LogP contribution in [0.1, 0.15) is 30.1 Å². The molecular formula is C22H26N2O5. The van der Waals surface area contributed by atoms with Crippen LogP contribution in [-0.2, 0) is 4.74 Å². The normalized spacial score (nSPS) is 16.0. The molecule has 1 unspecified atom stereocenters. The van der Waals surface area contributed by atoms with Gasteiger partial charge >= 0.3 is 5.97 Å². The monoisotopic (exact) mass is 398 g/mol. The molecule has 0 amide bonds. The van der Waals surface area contributed by atoms with E-state index in [-0.39, 0.29) is 5.97 Å².